The molecule has 5 nitrogen and oxygen atoms in total. The highest BCUT2D eigenvalue weighted by molar-refractivity contribution is 5.67. The number of nitrogens with one attached hydrogen (secondary N) is 1. The number of aryl methyl sites for hydroxylation is 1. The normalized spacial score (nSPS) is 10.5. The van der Waals surface area contributed by atoms with Gasteiger partial charge >= 0.3 is 6.09 Å². The molecule has 1 aromatic carbocycles. The summed E-state index contributed by atoms with van der Waals surface area (Å²) in [6.07, 6.45) is 3.14. The van der Waals surface area contributed by atoms with Crippen molar-refractivity contribution in [3.8, 4) is 0 Å². The van der Waals surface area contributed by atoms with Crippen LogP contribution in [0.25, 0.3) is 6.08 Å². The van der Waals surface area contributed by atoms with E-state index in [4.69, 9.17) is 4.74 Å². The second-order valence-corrected chi connectivity index (χ2v) is 4.44. The van der Waals surface area contributed by atoms with Crippen molar-refractivity contribution in [2.45, 2.75) is 13.5 Å². The molecule has 0 saturated carbocycles. The minimum atomic E-state index is -0.446. The number of hydrogen-bond acceptors (Lipinski definition) is 4. The molecule has 108 valence electrons. The Morgan fingerprint density at radius 1 is 1.19 bits per heavy atom. The van der Waals surface area contributed by atoms with Gasteiger partial charge in [0.25, 0.3) is 0 Å². The van der Waals surface area contributed by atoms with Gasteiger partial charge < -0.3 is 10.1 Å². The highest BCUT2D eigenvalue weighted by Gasteiger charge is 2.00. The van der Waals surface area contributed by atoms with E-state index in [1.165, 1.54) is 0 Å². The first kappa shape index (κ1) is 14.7. The van der Waals surface area contributed by atoms with Crippen molar-refractivity contribution in [2.75, 3.05) is 6.54 Å². The molecular formula is C16H17N3O2. The zero-order valence-corrected chi connectivity index (χ0v) is 11.8. The Hall–Kier alpha value is -2.69. The first-order chi connectivity index (χ1) is 10.2. The van der Waals surface area contributed by atoms with Gasteiger partial charge in [0.2, 0.25) is 0 Å². The van der Waals surface area contributed by atoms with Crippen LogP contribution in [0.5, 0.6) is 0 Å². The number of aromatic nitrogens is 2. The van der Waals surface area contributed by atoms with Crippen LogP contribution in [-0.2, 0) is 11.3 Å². The predicted octanol–water partition coefficient (Wildman–Crippen LogP) is 2.72. The van der Waals surface area contributed by atoms with E-state index in [0.29, 0.717) is 6.54 Å². The lowest BCUT2D eigenvalue weighted by Crippen LogP contribution is -2.24. The van der Waals surface area contributed by atoms with Crippen LogP contribution >= 0.6 is 0 Å². The maximum atomic E-state index is 11.5. The smallest absolute Gasteiger partial charge is 0.407 e. The summed E-state index contributed by atoms with van der Waals surface area (Å²) >= 11 is 0. The maximum Gasteiger partial charge on any atom is 0.407 e. The predicted molar refractivity (Wildman–Crippen MR) is 80.4 cm³/mol. The van der Waals surface area contributed by atoms with Gasteiger partial charge in [-0.15, -0.1) is 0 Å². The van der Waals surface area contributed by atoms with Gasteiger partial charge in [-0.2, -0.15) is 10.2 Å². The number of nitrogens with zero attached hydrogens (tertiary/aromatic N) is 2. The van der Waals surface area contributed by atoms with E-state index in [1.54, 1.807) is 12.2 Å². The summed E-state index contributed by atoms with van der Waals surface area (Å²) in [7, 11) is 0. The van der Waals surface area contributed by atoms with E-state index in [-0.39, 0.29) is 6.61 Å². The fourth-order valence-corrected chi connectivity index (χ4v) is 1.59. The second-order valence-electron chi connectivity index (χ2n) is 4.44. The van der Waals surface area contributed by atoms with Crippen molar-refractivity contribution in [3.63, 3.8) is 0 Å². The highest BCUT2D eigenvalue weighted by atomic mass is 16.5. The Labute approximate surface area is 123 Å². The van der Waals surface area contributed by atoms with Crippen LogP contribution in [0.3, 0.4) is 0 Å². The van der Waals surface area contributed by atoms with Gasteiger partial charge in [-0.3, -0.25) is 0 Å². The summed E-state index contributed by atoms with van der Waals surface area (Å²) in [5.41, 5.74) is 2.58. The molecule has 0 atom stereocenters. The van der Waals surface area contributed by atoms with Crippen molar-refractivity contribution < 1.29 is 9.53 Å². The van der Waals surface area contributed by atoms with Crippen LogP contribution in [0, 0.1) is 6.92 Å². The average molecular weight is 283 g/mol. The van der Waals surface area contributed by atoms with E-state index in [1.807, 2.05) is 49.4 Å². The van der Waals surface area contributed by atoms with E-state index in [9.17, 15) is 4.79 Å². The Kier molecular flexibility index (Phi) is 5.46. The molecule has 0 aliphatic rings. The molecule has 1 aromatic heterocycles. The third-order valence-corrected chi connectivity index (χ3v) is 2.68. The van der Waals surface area contributed by atoms with E-state index in [2.05, 4.69) is 15.5 Å². The number of alkyl carbamates (subject to hydrolysis) is 1. The van der Waals surface area contributed by atoms with Crippen LogP contribution in [0.15, 0.2) is 48.5 Å². The third-order valence-electron chi connectivity index (χ3n) is 2.68. The quantitative estimate of drug-likeness (QED) is 0.916. The number of ether oxygens (including phenoxy) is 1. The lowest BCUT2D eigenvalue weighted by atomic mass is 10.2. The Morgan fingerprint density at radius 3 is 2.71 bits per heavy atom. The molecule has 21 heavy (non-hydrogen) atoms. The summed E-state index contributed by atoms with van der Waals surface area (Å²) in [5, 5.41) is 10.6. The molecule has 0 unspecified atom stereocenters. The molecule has 0 saturated heterocycles. The van der Waals surface area contributed by atoms with Gasteiger partial charge in [0, 0.05) is 6.54 Å². The molecule has 0 aliphatic heterocycles. The largest absolute Gasteiger partial charge is 0.445 e. The highest BCUT2D eigenvalue weighted by Crippen LogP contribution is 2.00. The first-order valence-electron chi connectivity index (χ1n) is 6.65. The molecule has 0 aliphatic carbocycles. The SMILES string of the molecule is Cc1ccc(C=CCNC(=O)OCc2ccccc2)nn1. The minimum absolute atomic E-state index is 0.264. The Bertz CT molecular complexity index is 595. The van der Waals surface area contributed by atoms with Crippen molar-refractivity contribution in [1.82, 2.24) is 15.5 Å². The Morgan fingerprint density at radius 2 is 2.00 bits per heavy atom. The first-order valence-corrected chi connectivity index (χ1v) is 6.65. The Balaban J connectivity index is 1.68. The van der Waals surface area contributed by atoms with Crippen molar-refractivity contribution in [1.29, 1.82) is 0 Å². The van der Waals surface area contributed by atoms with Crippen LogP contribution in [0.4, 0.5) is 4.79 Å². The van der Waals surface area contributed by atoms with Crippen molar-refractivity contribution >= 4 is 12.2 Å². The number of hydrogen-bond donors (Lipinski definition) is 1. The van der Waals surface area contributed by atoms with Gasteiger partial charge in [0.1, 0.15) is 6.61 Å². The van der Waals surface area contributed by atoms with Crippen LogP contribution in [0.2, 0.25) is 0 Å². The summed E-state index contributed by atoms with van der Waals surface area (Å²) in [5.74, 6) is 0. The fraction of sp³-hybridized carbons (Fsp3) is 0.188. The summed E-state index contributed by atoms with van der Waals surface area (Å²) < 4.78 is 5.08. The zero-order valence-electron chi connectivity index (χ0n) is 11.8. The maximum absolute atomic E-state index is 11.5. The minimum Gasteiger partial charge on any atom is -0.445 e. The number of carbonyl (C=O) groups excluding carboxylic acids is 1. The number of benzene rings is 1. The molecule has 0 bridgehead atoms. The average Bonchev–Trinajstić information content (AvgIpc) is 2.52. The summed E-state index contributed by atoms with van der Waals surface area (Å²) in [4.78, 5) is 11.5. The lowest BCUT2D eigenvalue weighted by Gasteiger charge is -2.05. The van der Waals surface area contributed by atoms with Gasteiger partial charge in [-0.25, -0.2) is 4.79 Å². The summed E-state index contributed by atoms with van der Waals surface area (Å²) in [6.45, 7) is 2.52. The molecule has 2 aromatic rings. The van der Waals surface area contributed by atoms with Crippen LogP contribution < -0.4 is 5.32 Å². The molecule has 1 N–H and O–H groups in total. The van der Waals surface area contributed by atoms with Gasteiger partial charge in [0.15, 0.2) is 0 Å². The molecule has 2 rings (SSSR count). The van der Waals surface area contributed by atoms with Gasteiger partial charge in [-0.1, -0.05) is 36.4 Å². The van der Waals surface area contributed by atoms with Crippen LogP contribution in [-0.4, -0.2) is 22.8 Å². The number of carbonyl (C=O) groups is 1. The van der Waals surface area contributed by atoms with Crippen molar-refractivity contribution in [3.05, 3.63) is 65.5 Å². The molecule has 5 heteroatoms. The summed E-state index contributed by atoms with van der Waals surface area (Å²) in [6, 6.07) is 13.3. The molecule has 0 radical (unpaired) electrons. The molecule has 0 fully saturated rings. The number of rotatable bonds is 5. The van der Waals surface area contributed by atoms with Crippen LogP contribution in [0.1, 0.15) is 17.0 Å². The monoisotopic (exact) mass is 283 g/mol. The molecule has 1 amide bonds. The molecular weight excluding hydrogens is 266 g/mol. The van der Waals surface area contributed by atoms with E-state index in [0.717, 1.165) is 17.0 Å². The van der Waals surface area contributed by atoms with Gasteiger partial charge in [-0.05, 0) is 30.7 Å². The lowest BCUT2D eigenvalue weighted by molar-refractivity contribution is 0.141. The van der Waals surface area contributed by atoms with Gasteiger partial charge in [0.05, 0.1) is 11.4 Å². The third kappa shape index (κ3) is 5.44. The fourth-order valence-electron chi connectivity index (χ4n) is 1.59. The second kappa shape index (κ2) is 7.79. The standard InChI is InChI=1S/C16H17N3O2/c1-13-9-10-15(19-18-13)8-5-11-17-16(20)21-12-14-6-3-2-4-7-14/h2-10H,11-12H2,1H3,(H,17,20). The van der Waals surface area contributed by atoms with E-state index >= 15 is 0 Å². The molecule has 0 spiro atoms. The number of amides is 1. The molecule has 1 heterocycles. The van der Waals surface area contributed by atoms with Crippen molar-refractivity contribution in [2.24, 2.45) is 0 Å². The topological polar surface area (TPSA) is 64.1 Å². The van der Waals surface area contributed by atoms with E-state index < -0.39 is 6.09 Å². The zero-order chi connectivity index (χ0) is 14.9.